The second-order valence-electron chi connectivity index (χ2n) is 11.4. The summed E-state index contributed by atoms with van der Waals surface area (Å²) in [6.07, 6.45) is 2.56. The van der Waals surface area contributed by atoms with Crippen LogP contribution in [-0.4, -0.2) is 40.4 Å². The monoisotopic (exact) mass is 599 g/mol. The van der Waals surface area contributed by atoms with Crippen molar-refractivity contribution in [1.82, 2.24) is 9.58 Å². The van der Waals surface area contributed by atoms with E-state index in [9.17, 15) is 14.0 Å². The molecule has 43 heavy (non-hydrogen) atoms. The Morgan fingerprint density at radius 3 is 2.56 bits per heavy atom. The Hall–Kier alpha value is -4.15. The van der Waals surface area contributed by atoms with Crippen LogP contribution in [0, 0.1) is 11.6 Å². The third-order valence-corrected chi connectivity index (χ3v) is 10.0. The number of benzene rings is 3. The Morgan fingerprint density at radius 2 is 1.74 bits per heavy atom. The number of hydrogen-bond acceptors (Lipinski definition) is 6. The molecule has 1 aliphatic carbocycles. The van der Waals surface area contributed by atoms with E-state index in [-0.39, 0.29) is 41.9 Å². The number of rotatable bonds is 4. The first-order chi connectivity index (χ1) is 21.0. The average molecular weight is 600 g/mol. The van der Waals surface area contributed by atoms with Crippen molar-refractivity contribution in [3.05, 3.63) is 129 Å². The van der Waals surface area contributed by atoms with Gasteiger partial charge < -0.3 is 14.4 Å². The summed E-state index contributed by atoms with van der Waals surface area (Å²) in [5.41, 5.74) is 1.83. The van der Waals surface area contributed by atoms with E-state index in [4.69, 9.17) is 9.47 Å². The number of ether oxygens (including phenoxy) is 2. The van der Waals surface area contributed by atoms with Gasteiger partial charge in [0, 0.05) is 28.5 Å². The van der Waals surface area contributed by atoms with Gasteiger partial charge in [0.05, 0.1) is 24.8 Å². The predicted molar refractivity (Wildman–Crippen MR) is 157 cm³/mol. The number of carbonyl (C=O) groups excluding carboxylic acids is 1. The van der Waals surface area contributed by atoms with Gasteiger partial charge in [-0.1, -0.05) is 54.6 Å². The van der Waals surface area contributed by atoms with Crippen molar-refractivity contribution in [2.45, 2.75) is 47.8 Å². The van der Waals surface area contributed by atoms with Crippen molar-refractivity contribution < 1.29 is 23.0 Å². The van der Waals surface area contributed by atoms with Gasteiger partial charge in [0.15, 0.2) is 23.1 Å². The van der Waals surface area contributed by atoms with Crippen molar-refractivity contribution in [2.75, 3.05) is 18.2 Å². The molecule has 7 nitrogen and oxygen atoms in total. The number of carbonyl (C=O) groups is 1. The number of thioether (sulfide) groups is 1. The molecule has 1 saturated carbocycles. The van der Waals surface area contributed by atoms with Crippen molar-refractivity contribution in [1.29, 1.82) is 0 Å². The summed E-state index contributed by atoms with van der Waals surface area (Å²) in [5, 5.41) is 1.99. The van der Waals surface area contributed by atoms with Gasteiger partial charge in [-0.15, -0.1) is 11.8 Å². The van der Waals surface area contributed by atoms with Crippen LogP contribution in [0.2, 0.25) is 0 Å². The van der Waals surface area contributed by atoms with E-state index >= 15 is 4.39 Å². The topological polar surface area (TPSA) is 64.0 Å². The van der Waals surface area contributed by atoms with E-state index < -0.39 is 34.8 Å². The molecular formula is C33H27F2N3O4S. The summed E-state index contributed by atoms with van der Waals surface area (Å²) in [5.74, 6) is -1.87. The fourth-order valence-corrected chi connectivity index (χ4v) is 7.77. The van der Waals surface area contributed by atoms with Crippen LogP contribution in [-0.2, 0) is 17.1 Å². The second kappa shape index (κ2) is 9.96. The summed E-state index contributed by atoms with van der Waals surface area (Å²) in [7, 11) is 0. The first-order valence-corrected chi connectivity index (χ1v) is 15.3. The van der Waals surface area contributed by atoms with Crippen molar-refractivity contribution >= 4 is 17.7 Å². The summed E-state index contributed by atoms with van der Waals surface area (Å²) >= 11 is 1.45. The smallest absolute Gasteiger partial charge is 0.278 e. The minimum Gasteiger partial charge on any atom is -0.482 e. The standard InChI is InChI=1S/C33H27F2N3O4S/c34-24-11-10-21-23(28(24)35)18-43-26-9-5-4-8-22(26)29(21)38-27-17-41-19-33(13-14-33)37(27)32(40)30-31(25(39)12-15-36(30)38)42-16-20-6-2-1-3-7-20/h1-12,15,27,29H,13-14,16-19H2/t27-,29+/m1/s1. The van der Waals surface area contributed by atoms with E-state index in [0.29, 0.717) is 12.2 Å². The van der Waals surface area contributed by atoms with E-state index in [2.05, 4.69) is 0 Å². The molecule has 0 bridgehead atoms. The normalized spacial score (nSPS) is 21.4. The fourth-order valence-electron chi connectivity index (χ4n) is 6.66. The number of pyridine rings is 1. The van der Waals surface area contributed by atoms with Gasteiger partial charge in [-0.3, -0.25) is 19.3 Å². The summed E-state index contributed by atoms with van der Waals surface area (Å²) < 4.78 is 44.0. The van der Waals surface area contributed by atoms with E-state index in [1.165, 1.54) is 17.8 Å². The highest BCUT2D eigenvalue weighted by Gasteiger charge is 2.60. The van der Waals surface area contributed by atoms with Crippen LogP contribution in [0.15, 0.2) is 88.7 Å². The lowest BCUT2D eigenvalue weighted by Gasteiger charge is -2.54. The lowest BCUT2D eigenvalue weighted by Crippen LogP contribution is -2.70. The SMILES string of the molecule is O=C1c2c(OCc3ccccc3)c(=O)ccn2N([C@@H]2c3ccccc3SCc3c2ccc(F)c3F)[C@@H]2COCC3(CC3)N12. The zero-order valence-electron chi connectivity index (χ0n) is 23.0. The van der Waals surface area contributed by atoms with Crippen molar-refractivity contribution in [3.8, 4) is 5.75 Å². The molecule has 2 fully saturated rings. The van der Waals surface area contributed by atoms with Gasteiger partial charge in [0.2, 0.25) is 5.43 Å². The molecule has 1 aromatic heterocycles. The van der Waals surface area contributed by atoms with Crippen LogP contribution in [0.3, 0.4) is 0 Å². The third-order valence-electron chi connectivity index (χ3n) is 8.89. The lowest BCUT2D eigenvalue weighted by molar-refractivity contribution is -0.0618. The molecule has 4 aliphatic rings. The summed E-state index contributed by atoms with van der Waals surface area (Å²) in [4.78, 5) is 30.6. The first-order valence-electron chi connectivity index (χ1n) is 14.3. The number of halogens is 2. The number of aromatic nitrogens is 1. The molecule has 1 amide bonds. The molecule has 2 atom stereocenters. The highest BCUT2D eigenvalue weighted by molar-refractivity contribution is 7.98. The van der Waals surface area contributed by atoms with Crippen LogP contribution in [0.1, 0.15) is 51.6 Å². The minimum absolute atomic E-state index is 0.0381. The molecule has 218 valence electrons. The van der Waals surface area contributed by atoms with Crippen LogP contribution < -0.4 is 15.2 Å². The molecule has 0 unspecified atom stereocenters. The lowest BCUT2D eigenvalue weighted by atomic mass is 9.92. The Balaban J connectivity index is 1.37. The molecular weight excluding hydrogens is 572 g/mol. The maximum Gasteiger partial charge on any atom is 0.278 e. The van der Waals surface area contributed by atoms with Gasteiger partial charge >= 0.3 is 0 Å². The Kier molecular flexibility index (Phi) is 6.13. The zero-order valence-corrected chi connectivity index (χ0v) is 23.9. The number of fused-ring (bicyclic) bond motifs is 5. The van der Waals surface area contributed by atoms with Crippen molar-refractivity contribution in [2.24, 2.45) is 0 Å². The highest BCUT2D eigenvalue weighted by Crippen LogP contribution is 2.51. The summed E-state index contributed by atoms with van der Waals surface area (Å²) in [6, 6.07) is 20.8. The predicted octanol–water partition coefficient (Wildman–Crippen LogP) is 5.38. The van der Waals surface area contributed by atoms with Gasteiger partial charge in [-0.2, -0.15) is 0 Å². The molecule has 10 heteroatoms. The Labute approximate surface area is 250 Å². The minimum atomic E-state index is -0.905. The van der Waals surface area contributed by atoms with E-state index in [0.717, 1.165) is 34.9 Å². The van der Waals surface area contributed by atoms with Gasteiger partial charge in [-0.25, -0.2) is 8.78 Å². The maximum atomic E-state index is 15.5. The quantitative estimate of drug-likeness (QED) is 0.314. The maximum absolute atomic E-state index is 15.5. The molecule has 8 rings (SSSR count). The van der Waals surface area contributed by atoms with Gasteiger partial charge in [0.1, 0.15) is 12.8 Å². The molecule has 4 heterocycles. The van der Waals surface area contributed by atoms with E-state index in [1.54, 1.807) is 16.9 Å². The van der Waals surface area contributed by atoms with Crippen LogP contribution >= 0.6 is 11.8 Å². The fraction of sp³-hybridized carbons (Fsp3) is 0.273. The molecule has 3 aromatic carbocycles. The number of hydrogen-bond donors (Lipinski definition) is 0. The largest absolute Gasteiger partial charge is 0.482 e. The van der Waals surface area contributed by atoms with Crippen LogP contribution in [0.5, 0.6) is 5.75 Å². The number of morpholine rings is 1. The molecule has 4 aromatic rings. The molecule has 1 saturated heterocycles. The number of nitrogens with zero attached hydrogens (tertiary/aromatic N) is 3. The Bertz CT molecular complexity index is 1830. The third kappa shape index (κ3) is 4.11. The number of amides is 1. The van der Waals surface area contributed by atoms with Crippen LogP contribution in [0.4, 0.5) is 8.78 Å². The first kappa shape index (κ1) is 26.5. The Morgan fingerprint density at radius 1 is 0.953 bits per heavy atom. The van der Waals surface area contributed by atoms with E-state index in [1.807, 2.05) is 64.5 Å². The molecule has 1 spiro atoms. The van der Waals surface area contributed by atoms with Gasteiger partial charge in [0.25, 0.3) is 5.91 Å². The average Bonchev–Trinajstić information content (AvgIpc) is 3.81. The zero-order chi connectivity index (χ0) is 29.3. The van der Waals surface area contributed by atoms with Crippen molar-refractivity contribution in [3.63, 3.8) is 0 Å². The highest BCUT2D eigenvalue weighted by atomic mass is 32.2. The van der Waals surface area contributed by atoms with Crippen LogP contribution in [0.25, 0.3) is 0 Å². The summed E-state index contributed by atoms with van der Waals surface area (Å²) in [6.45, 7) is 0.715. The molecule has 0 N–H and O–H groups in total. The second-order valence-corrected chi connectivity index (χ2v) is 12.4. The van der Waals surface area contributed by atoms with Gasteiger partial charge in [-0.05, 0) is 41.7 Å². The molecule has 3 aliphatic heterocycles. The molecule has 0 radical (unpaired) electrons.